The average Bonchev–Trinajstić information content (AvgIpc) is 2.66. The fraction of sp³-hybridized carbons (Fsp3) is 0.636. The molecule has 1 aliphatic carbocycles. The van der Waals surface area contributed by atoms with E-state index in [2.05, 4.69) is 0 Å². The van der Waals surface area contributed by atoms with Gasteiger partial charge in [0, 0.05) is 5.92 Å². The monoisotopic (exact) mass is 382 g/mol. The molecule has 0 amide bonds. The highest BCUT2D eigenvalue weighted by Crippen LogP contribution is 2.41. The first-order valence-electron chi connectivity index (χ1n) is 10.1. The molecule has 2 aliphatic rings. The molecule has 2 fully saturated rings. The first kappa shape index (κ1) is 20.2. The predicted octanol–water partition coefficient (Wildman–Crippen LogP) is 6.31. The molecule has 2 nitrogen and oxygen atoms in total. The van der Waals surface area contributed by atoms with Gasteiger partial charge in [-0.15, -0.1) is 0 Å². The predicted molar refractivity (Wildman–Crippen MR) is 99.6 cm³/mol. The number of allylic oxidation sites excluding steroid dienone is 1. The van der Waals surface area contributed by atoms with Gasteiger partial charge in [0.2, 0.25) is 5.82 Å². The Morgan fingerprint density at radius 2 is 1.85 bits per heavy atom. The lowest BCUT2D eigenvalue weighted by Gasteiger charge is -2.37. The normalized spacial score (nSPS) is 29.6. The molecule has 3 rings (SSSR count). The summed E-state index contributed by atoms with van der Waals surface area (Å²) in [7, 11) is 0. The summed E-state index contributed by atoms with van der Waals surface area (Å²) < 4.78 is 52.7. The number of halogens is 3. The summed E-state index contributed by atoms with van der Waals surface area (Å²) in [5.74, 6) is -1.15. The van der Waals surface area contributed by atoms with E-state index in [-0.39, 0.29) is 29.5 Å². The van der Waals surface area contributed by atoms with Crippen LogP contribution >= 0.6 is 0 Å². The molecule has 1 saturated heterocycles. The van der Waals surface area contributed by atoms with E-state index in [1.165, 1.54) is 13.0 Å². The maximum absolute atomic E-state index is 14.5. The molecule has 150 valence electrons. The van der Waals surface area contributed by atoms with Crippen LogP contribution in [0.15, 0.2) is 24.0 Å². The number of benzene rings is 1. The number of hydrogen-bond donors (Lipinski definition) is 0. The van der Waals surface area contributed by atoms with Crippen molar-refractivity contribution >= 4 is 0 Å². The van der Waals surface area contributed by atoms with E-state index < -0.39 is 11.6 Å². The van der Waals surface area contributed by atoms with E-state index in [0.717, 1.165) is 38.5 Å². The van der Waals surface area contributed by atoms with Crippen LogP contribution in [0.1, 0.15) is 63.9 Å². The van der Waals surface area contributed by atoms with Gasteiger partial charge in [-0.3, -0.25) is 0 Å². The van der Waals surface area contributed by atoms with Gasteiger partial charge in [-0.25, -0.2) is 8.78 Å². The molecule has 2 atom stereocenters. The molecule has 1 aromatic carbocycles. The van der Waals surface area contributed by atoms with E-state index in [9.17, 15) is 13.2 Å². The molecule has 0 N–H and O–H groups in total. The largest absolute Gasteiger partial charge is 0.491 e. The van der Waals surface area contributed by atoms with Crippen molar-refractivity contribution in [1.29, 1.82) is 0 Å². The minimum Gasteiger partial charge on any atom is -0.491 e. The summed E-state index contributed by atoms with van der Waals surface area (Å²) in [5.41, 5.74) is 0.461. The van der Waals surface area contributed by atoms with E-state index in [0.29, 0.717) is 24.7 Å². The second kappa shape index (κ2) is 9.13. The molecule has 0 radical (unpaired) electrons. The lowest BCUT2D eigenvalue weighted by Crippen LogP contribution is -2.33. The highest BCUT2D eigenvalue weighted by Gasteiger charge is 2.33. The standard InChI is InChI=1S/C22H29F3O2/c1-3-26-20-11-9-18(21(24)22(20)25)16-5-7-17(8-6-16)19-10-4-15(13-27-19)12-14(2)23/h9,11-12,15-17,19H,3-8,10,13H2,1-2H3. The molecule has 1 aromatic rings. The first-order valence-corrected chi connectivity index (χ1v) is 10.1. The Hall–Kier alpha value is -1.49. The molecule has 0 bridgehead atoms. The second-order valence-electron chi connectivity index (χ2n) is 7.79. The molecular weight excluding hydrogens is 353 g/mol. The lowest BCUT2D eigenvalue weighted by molar-refractivity contribution is -0.0473. The third-order valence-corrected chi connectivity index (χ3v) is 5.93. The van der Waals surface area contributed by atoms with Gasteiger partial charge in [0.15, 0.2) is 11.6 Å². The van der Waals surface area contributed by atoms with E-state index in [1.807, 2.05) is 0 Å². The number of hydrogen-bond acceptors (Lipinski definition) is 2. The van der Waals surface area contributed by atoms with Gasteiger partial charge in [-0.05, 0) is 81.9 Å². The molecule has 0 spiro atoms. The van der Waals surface area contributed by atoms with Crippen molar-refractivity contribution in [3.63, 3.8) is 0 Å². The summed E-state index contributed by atoms with van der Waals surface area (Å²) in [6, 6.07) is 3.20. The zero-order valence-corrected chi connectivity index (χ0v) is 16.1. The minimum absolute atomic E-state index is 0.0184. The fourth-order valence-corrected chi connectivity index (χ4v) is 4.55. The van der Waals surface area contributed by atoms with Crippen LogP contribution < -0.4 is 4.74 Å². The summed E-state index contributed by atoms with van der Waals surface area (Å²) in [6.07, 6.45) is 7.32. The molecule has 2 unspecified atom stereocenters. The first-order chi connectivity index (χ1) is 13.0. The molecule has 1 aliphatic heterocycles. The summed E-state index contributed by atoms with van der Waals surface area (Å²) >= 11 is 0. The Kier molecular flexibility index (Phi) is 6.85. The SMILES string of the molecule is CCOc1ccc(C2CCC(C3CCC(C=C(C)F)CO3)CC2)c(F)c1F. The summed E-state index contributed by atoms with van der Waals surface area (Å²) in [5, 5.41) is 0. The zero-order chi connectivity index (χ0) is 19.4. The van der Waals surface area contributed by atoms with Crippen molar-refractivity contribution in [1.82, 2.24) is 0 Å². The van der Waals surface area contributed by atoms with Crippen molar-refractivity contribution in [2.75, 3.05) is 13.2 Å². The van der Waals surface area contributed by atoms with Crippen LogP contribution in [0.3, 0.4) is 0 Å². The lowest BCUT2D eigenvalue weighted by atomic mass is 9.75. The van der Waals surface area contributed by atoms with Gasteiger partial charge in [0.05, 0.1) is 25.1 Å². The quantitative estimate of drug-likeness (QED) is 0.594. The Balaban J connectivity index is 1.55. The fourth-order valence-electron chi connectivity index (χ4n) is 4.55. The highest BCUT2D eigenvalue weighted by molar-refractivity contribution is 5.33. The van der Waals surface area contributed by atoms with Gasteiger partial charge < -0.3 is 9.47 Å². The Morgan fingerprint density at radius 3 is 2.44 bits per heavy atom. The van der Waals surface area contributed by atoms with Crippen LogP contribution in [0.4, 0.5) is 13.2 Å². The molecule has 0 aromatic heterocycles. The third kappa shape index (κ3) is 4.87. The van der Waals surface area contributed by atoms with Crippen molar-refractivity contribution in [2.24, 2.45) is 11.8 Å². The van der Waals surface area contributed by atoms with Gasteiger partial charge in [-0.2, -0.15) is 4.39 Å². The maximum atomic E-state index is 14.5. The van der Waals surface area contributed by atoms with Crippen molar-refractivity contribution in [2.45, 2.75) is 64.4 Å². The smallest absolute Gasteiger partial charge is 0.200 e. The topological polar surface area (TPSA) is 18.5 Å². The van der Waals surface area contributed by atoms with Gasteiger partial charge in [-0.1, -0.05) is 6.07 Å². The minimum atomic E-state index is -0.880. The summed E-state index contributed by atoms with van der Waals surface area (Å²) in [6.45, 7) is 4.10. The molecule has 1 heterocycles. The van der Waals surface area contributed by atoms with Crippen molar-refractivity contribution in [3.8, 4) is 5.75 Å². The maximum Gasteiger partial charge on any atom is 0.200 e. The second-order valence-corrected chi connectivity index (χ2v) is 7.79. The van der Waals surface area contributed by atoms with Crippen LogP contribution in [0, 0.1) is 23.5 Å². The molecule has 1 saturated carbocycles. The van der Waals surface area contributed by atoms with Gasteiger partial charge in [0.1, 0.15) is 0 Å². The van der Waals surface area contributed by atoms with Crippen molar-refractivity contribution < 1.29 is 22.6 Å². The van der Waals surface area contributed by atoms with Gasteiger partial charge in [0.25, 0.3) is 0 Å². The zero-order valence-electron chi connectivity index (χ0n) is 16.1. The Labute approximate surface area is 159 Å². The summed E-state index contributed by atoms with van der Waals surface area (Å²) in [4.78, 5) is 0. The Morgan fingerprint density at radius 1 is 1.11 bits per heavy atom. The van der Waals surface area contributed by atoms with Crippen LogP contribution in [-0.4, -0.2) is 19.3 Å². The van der Waals surface area contributed by atoms with Crippen molar-refractivity contribution in [3.05, 3.63) is 41.2 Å². The molecule has 5 heteroatoms. The van der Waals surface area contributed by atoms with Crippen LogP contribution in [0.5, 0.6) is 5.75 Å². The van der Waals surface area contributed by atoms with Crippen LogP contribution in [0.2, 0.25) is 0 Å². The molecule has 27 heavy (non-hydrogen) atoms. The van der Waals surface area contributed by atoms with E-state index >= 15 is 0 Å². The van der Waals surface area contributed by atoms with E-state index in [1.54, 1.807) is 19.1 Å². The molecular formula is C22H29F3O2. The number of ether oxygens (including phenoxy) is 2. The van der Waals surface area contributed by atoms with Crippen LogP contribution in [0.25, 0.3) is 0 Å². The third-order valence-electron chi connectivity index (χ3n) is 5.93. The number of rotatable bonds is 5. The Bertz CT molecular complexity index is 654. The average molecular weight is 382 g/mol. The van der Waals surface area contributed by atoms with Crippen LogP contribution in [-0.2, 0) is 4.74 Å². The van der Waals surface area contributed by atoms with Gasteiger partial charge >= 0.3 is 0 Å². The van der Waals surface area contributed by atoms with E-state index in [4.69, 9.17) is 9.47 Å². The highest BCUT2D eigenvalue weighted by atomic mass is 19.2.